The molecule has 13 rings (SSSR count). The molecule has 0 unspecified atom stereocenters. The van der Waals surface area contributed by atoms with E-state index < -0.39 is 0 Å². The number of aromatic nitrogens is 4. The van der Waals surface area contributed by atoms with Gasteiger partial charge in [-0.1, -0.05) is 140 Å². The highest BCUT2D eigenvalue weighted by Crippen LogP contribution is 2.47. The third-order valence-corrected chi connectivity index (χ3v) is 12.3. The van der Waals surface area contributed by atoms with Gasteiger partial charge in [0, 0.05) is 38.4 Å². The molecule has 12 aromatic rings. The maximum Gasteiger partial charge on any atom is 0.165 e. The van der Waals surface area contributed by atoms with E-state index in [1.54, 1.807) is 0 Å². The molecular weight excluding hydrogens is 705 g/mol. The lowest BCUT2D eigenvalue weighted by atomic mass is 9.91. The molecule has 9 aromatic carbocycles. The fourth-order valence-corrected chi connectivity index (χ4v) is 9.72. The molecule has 0 atom stereocenters. The Labute approximate surface area is 333 Å². The summed E-state index contributed by atoms with van der Waals surface area (Å²) in [5, 5.41) is 7.37. The van der Waals surface area contributed by atoms with Crippen LogP contribution in [-0.2, 0) is 0 Å². The van der Waals surface area contributed by atoms with Gasteiger partial charge in [0.05, 0.1) is 33.1 Å². The lowest BCUT2D eigenvalue weighted by Crippen LogP contribution is -2.02. The van der Waals surface area contributed by atoms with Crippen molar-refractivity contribution in [3.05, 3.63) is 194 Å². The second-order valence-electron chi connectivity index (χ2n) is 15.3. The van der Waals surface area contributed by atoms with E-state index in [0.717, 1.165) is 39.1 Å². The fourth-order valence-electron chi connectivity index (χ4n) is 9.72. The Balaban J connectivity index is 1.01. The van der Waals surface area contributed by atoms with Crippen molar-refractivity contribution in [1.29, 1.82) is 0 Å². The average Bonchev–Trinajstić information content (AvgIpc) is 3.77. The monoisotopic (exact) mass is 736 g/mol. The molecule has 0 radical (unpaired) electrons. The van der Waals surface area contributed by atoms with Crippen LogP contribution >= 0.6 is 0 Å². The second-order valence-corrected chi connectivity index (χ2v) is 15.3. The largest absolute Gasteiger partial charge is 0.309 e. The molecule has 0 spiro atoms. The summed E-state index contributed by atoms with van der Waals surface area (Å²) in [5.74, 6) is 0.863. The van der Waals surface area contributed by atoms with Gasteiger partial charge in [0.2, 0.25) is 0 Å². The third-order valence-electron chi connectivity index (χ3n) is 12.3. The summed E-state index contributed by atoms with van der Waals surface area (Å²) in [6.07, 6.45) is 0. The maximum absolute atomic E-state index is 5.33. The van der Waals surface area contributed by atoms with Crippen LogP contribution in [0.25, 0.3) is 122 Å². The topological polar surface area (TPSA) is 35.6 Å². The highest BCUT2D eigenvalue weighted by atomic mass is 15.1. The first kappa shape index (κ1) is 31.4. The van der Waals surface area contributed by atoms with E-state index in [-0.39, 0.29) is 0 Å². The van der Waals surface area contributed by atoms with Gasteiger partial charge in [-0.2, -0.15) is 0 Å². The van der Waals surface area contributed by atoms with Crippen LogP contribution in [0.1, 0.15) is 0 Å². The lowest BCUT2D eigenvalue weighted by Gasteiger charge is -2.14. The molecule has 0 saturated heterocycles. The van der Waals surface area contributed by atoms with E-state index >= 15 is 0 Å². The van der Waals surface area contributed by atoms with Crippen molar-refractivity contribution < 1.29 is 0 Å². The van der Waals surface area contributed by atoms with Crippen molar-refractivity contribution in [2.24, 2.45) is 0 Å². The van der Waals surface area contributed by atoms with Gasteiger partial charge in [-0.25, -0.2) is 9.97 Å². The molecule has 4 heteroatoms. The molecule has 3 aromatic heterocycles. The summed E-state index contributed by atoms with van der Waals surface area (Å²) in [5.41, 5.74) is 16.8. The van der Waals surface area contributed by atoms with Crippen LogP contribution in [0.3, 0.4) is 0 Å². The number of hydrogen-bond acceptors (Lipinski definition) is 2. The quantitative estimate of drug-likeness (QED) is 0.181. The number of fused-ring (bicyclic) bond motifs is 13. The number of rotatable bonds is 3. The minimum atomic E-state index is 0.863. The Kier molecular flexibility index (Phi) is 6.41. The van der Waals surface area contributed by atoms with Crippen molar-refractivity contribution in [2.75, 3.05) is 0 Å². The highest BCUT2D eigenvalue weighted by Gasteiger charge is 2.27. The van der Waals surface area contributed by atoms with E-state index in [9.17, 15) is 0 Å². The van der Waals surface area contributed by atoms with E-state index in [1.807, 2.05) is 12.1 Å². The predicted molar refractivity (Wildman–Crippen MR) is 241 cm³/mol. The molecule has 0 aliphatic carbocycles. The maximum atomic E-state index is 5.33. The van der Waals surface area contributed by atoms with Gasteiger partial charge in [0.25, 0.3) is 0 Å². The molecule has 0 N–H and O–H groups in total. The van der Waals surface area contributed by atoms with Crippen LogP contribution in [0, 0.1) is 0 Å². The number of para-hydroxylation sites is 5. The van der Waals surface area contributed by atoms with Gasteiger partial charge in [-0.05, 0) is 93.2 Å². The summed E-state index contributed by atoms with van der Waals surface area (Å²) in [6.45, 7) is 0. The molecule has 4 heterocycles. The standard InChI is InChI=1S/C54H32N4/c1-2-13-35(14-3-1)57-49-24-11-8-18-41(49)45-31-33(25-29-50(45)57)36-27-28-37(39-16-5-4-15-38(36)39)34-26-30-51-46(32-34)44-21-12-20-43-40-17-6-7-19-42(40)52-54(58(51)53(43)44)56-48-23-10-9-22-47(48)55-52/h1-32H. The minimum absolute atomic E-state index is 0.863. The molecule has 4 nitrogen and oxygen atoms in total. The first-order valence-corrected chi connectivity index (χ1v) is 19.8. The lowest BCUT2D eigenvalue weighted by molar-refractivity contribution is 1.09. The Morgan fingerprint density at radius 3 is 1.59 bits per heavy atom. The molecule has 1 aliphatic rings. The van der Waals surface area contributed by atoms with Gasteiger partial charge in [-0.15, -0.1) is 0 Å². The summed E-state index contributed by atoms with van der Waals surface area (Å²) in [4.78, 5) is 10.6. The summed E-state index contributed by atoms with van der Waals surface area (Å²) >= 11 is 0. The van der Waals surface area contributed by atoms with Crippen LogP contribution in [0.4, 0.5) is 0 Å². The zero-order valence-corrected chi connectivity index (χ0v) is 31.3. The van der Waals surface area contributed by atoms with Crippen LogP contribution in [0.2, 0.25) is 0 Å². The van der Waals surface area contributed by atoms with Crippen molar-refractivity contribution >= 4 is 65.4 Å². The average molecular weight is 737 g/mol. The van der Waals surface area contributed by atoms with Gasteiger partial charge in [0.1, 0.15) is 5.69 Å². The summed E-state index contributed by atoms with van der Waals surface area (Å²) in [6, 6.07) is 70.3. The Morgan fingerprint density at radius 2 is 0.845 bits per heavy atom. The van der Waals surface area contributed by atoms with Gasteiger partial charge in [-0.3, -0.25) is 4.57 Å². The Hall–Kier alpha value is -7.82. The van der Waals surface area contributed by atoms with Crippen LogP contribution < -0.4 is 0 Å². The Bertz CT molecular complexity index is 3680. The second kappa shape index (κ2) is 11.8. The molecule has 0 amide bonds. The molecule has 0 saturated carbocycles. The molecule has 0 bridgehead atoms. The Morgan fingerprint density at radius 1 is 0.310 bits per heavy atom. The molecule has 0 fully saturated rings. The molecule has 268 valence electrons. The van der Waals surface area contributed by atoms with Crippen LogP contribution in [0.5, 0.6) is 0 Å². The van der Waals surface area contributed by atoms with Crippen molar-refractivity contribution in [1.82, 2.24) is 19.1 Å². The van der Waals surface area contributed by atoms with Crippen LogP contribution in [0.15, 0.2) is 194 Å². The molecule has 1 aliphatic heterocycles. The number of hydrogen-bond donors (Lipinski definition) is 0. The minimum Gasteiger partial charge on any atom is -0.309 e. The van der Waals surface area contributed by atoms with E-state index in [1.165, 1.54) is 82.4 Å². The molecule has 58 heavy (non-hydrogen) atoms. The first-order chi connectivity index (χ1) is 28.8. The third kappa shape index (κ3) is 4.34. The first-order valence-electron chi connectivity index (χ1n) is 19.8. The van der Waals surface area contributed by atoms with Gasteiger partial charge < -0.3 is 4.57 Å². The van der Waals surface area contributed by atoms with Crippen molar-refractivity contribution in [3.63, 3.8) is 0 Å². The van der Waals surface area contributed by atoms with Gasteiger partial charge in [0.15, 0.2) is 5.82 Å². The summed E-state index contributed by atoms with van der Waals surface area (Å²) < 4.78 is 4.73. The normalized spacial score (nSPS) is 12.1. The van der Waals surface area contributed by atoms with E-state index in [0.29, 0.717) is 0 Å². The van der Waals surface area contributed by atoms with Crippen molar-refractivity contribution in [2.45, 2.75) is 0 Å². The smallest absolute Gasteiger partial charge is 0.165 e. The molecular formula is C54H32N4. The van der Waals surface area contributed by atoms with Crippen molar-refractivity contribution in [3.8, 4) is 56.1 Å². The fraction of sp³-hybridized carbons (Fsp3) is 0. The summed E-state index contributed by atoms with van der Waals surface area (Å²) in [7, 11) is 0. The van der Waals surface area contributed by atoms with Gasteiger partial charge >= 0.3 is 0 Å². The van der Waals surface area contributed by atoms with Crippen LogP contribution in [-0.4, -0.2) is 19.1 Å². The van der Waals surface area contributed by atoms with E-state index in [4.69, 9.17) is 9.97 Å². The number of nitrogens with zero attached hydrogens (tertiary/aromatic N) is 4. The SMILES string of the molecule is c1ccc(-n2c3ccccc3c3cc(-c4ccc(-c5ccc6c(c5)c5cccc7c5n6-c5nc6ccccc6nc5-c5ccccc5-7)c5ccccc45)ccc32)cc1. The zero-order valence-electron chi connectivity index (χ0n) is 31.3. The number of benzene rings is 9. The predicted octanol–water partition coefficient (Wildman–Crippen LogP) is 14.0. The van der Waals surface area contributed by atoms with E-state index in [2.05, 4.69) is 191 Å². The highest BCUT2D eigenvalue weighted by molar-refractivity contribution is 6.18. The zero-order chi connectivity index (χ0) is 37.9.